The van der Waals surface area contributed by atoms with E-state index in [9.17, 15) is 13.2 Å². The van der Waals surface area contributed by atoms with E-state index in [1.807, 2.05) is 25.5 Å². The van der Waals surface area contributed by atoms with Gasteiger partial charge in [-0.2, -0.15) is 0 Å². The first-order valence-electron chi connectivity index (χ1n) is 6.31. The SMILES string of the molecule is CC(C)S(=O)(=O)NC(=O)c1ccc(C(C)(C)C)c(Cl)c1. The number of halogens is 1. The summed E-state index contributed by atoms with van der Waals surface area (Å²) >= 11 is 6.16. The van der Waals surface area contributed by atoms with Crippen molar-refractivity contribution in [2.45, 2.75) is 45.3 Å². The largest absolute Gasteiger partial charge is 0.268 e. The predicted molar refractivity (Wildman–Crippen MR) is 81.7 cm³/mol. The van der Waals surface area contributed by atoms with E-state index in [0.29, 0.717) is 5.02 Å². The van der Waals surface area contributed by atoms with Gasteiger partial charge >= 0.3 is 0 Å². The first-order valence-corrected chi connectivity index (χ1v) is 8.23. The van der Waals surface area contributed by atoms with Gasteiger partial charge in [0.15, 0.2) is 0 Å². The van der Waals surface area contributed by atoms with Crippen molar-refractivity contribution >= 4 is 27.5 Å². The van der Waals surface area contributed by atoms with Gasteiger partial charge in [-0.3, -0.25) is 4.79 Å². The zero-order valence-electron chi connectivity index (χ0n) is 12.3. The molecular formula is C14H20ClNO3S. The van der Waals surface area contributed by atoms with Crippen molar-refractivity contribution < 1.29 is 13.2 Å². The Morgan fingerprint density at radius 2 is 1.80 bits per heavy atom. The molecule has 0 aromatic heterocycles. The molecule has 1 rings (SSSR count). The third-order valence-electron chi connectivity index (χ3n) is 2.89. The van der Waals surface area contributed by atoms with Crippen molar-refractivity contribution in [1.82, 2.24) is 4.72 Å². The van der Waals surface area contributed by atoms with Gasteiger partial charge in [-0.15, -0.1) is 0 Å². The zero-order valence-corrected chi connectivity index (χ0v) is 13.9. The Bertz CT molecular complexity index is 616. The average molecular weight is 318 g/mol. The van der Waals surface area contributed by atoms with Gasteiger partial charge in [0.05, 0.1) is 5.25 Å². The van der Waals surface area contributed by atoms with Crippen LogP contribution in [0.3, 0.4) is 0 Å². The average Bonchev–Trinajstić information content (AvgIpc) is 2.26. The first kappa shape index (κ1) is 17.0. The Morgan fingerprint density at radius 3 is 2.20 bits per heavy atom. The molecular weight excluding hydrogens is 298 g/mol. The van der Waals surface area contributed by atoms with Gasteiger partial charge in [0.2, 0.25) is 10.0 Å². The highest BCUT2D eigenvalue weighted by molar-refractivity contribution is 7.90. The molecule has 1 aromatic rings. The summed E-state index contributed by atoms with van der Waals surface area (Å²) in [5.74, 6) is -0.666. The fourth-order valence-corrected chi connectivity index (χ4v) is 2.65. The standard InChI is InChI=1S/C14H20ClNO3S/c1-9(2)20(18,19)16-13(17)10-6-7-11(12(15)8-10)14(3,4)5/h6-9H,1-5H3,(H,16,17). The summed E-state index contributed by atoms with van der Waals surface area (Å²) in [5, 5.41) is -0.220. The second-order valence-electron chi connectivity index (χ2n) is 5.97. The minimum Gasteiger partial charge on any atom is -0.268 e. The van der Waals surface area contributed by atoms with E-state index >= 15 is 0 Å². The van der Waals surface area contributed by atoms with Crippen LogP contribution in [0.5, 0.6) is 0 Å². The second kappa shape index (κ2) is 5.74. The Hall–Kier alpha value is -1.07. The predicted octanol–water partition coefficient (Wildman–Crippen LogP) is 3.11. The third-order valence-corrected chi connectivity index (χ3v) is 4.92. The summed E-state index contributed by atoms with van der Waals surface area (Å²) in [7, 11) is -3.64. The van der Waals surface area contributed by atoms with E-state index in [0.717, 1.165) is 5.56 Å². The molecule has 0 heterocycles. The maximum Gasteiger partial charge on any atom is 0.264 e. The van der Waals surface area contributed by atoms with Crippen molar-refractivity contribution in [3.05, 3.63) is 34.3 Å². The Kier molecular flexibility index (Phi) is 4.87. The lowest BCUT2D eigenvalue weighted by Crippen LogP contribution is -2.35. The highest BCUT2D eigenvalue weighted by Crippen LogP contribution is 2.30. The minimum absolute atomic E-state index is 0.143. The van der Waals surface area contributed by atoms with Crippen LogP contribution in [0.2, 0.25) is 5.02 Å². The molecule has 1 amide bonds. The van der Waals surface area contributed by atoms with E-state index in [2.05, 4.69) is 0 Å². The molecule has 0 aliphatic heterocycles. The number of hydrogen-bond donors (Lipinski definition) is 1. The molecule has 1 aromatic carbocycles. The van der Waals surface area contributed by atoms with E-state index in [1.165, 1.54) is 19.9 Å². The van der Waals surface area contributed by atoms with Crippen molar-refractivity contribution in [3.63, 3.8) is 0 Å². The molecule has 0 fully saturated rings. The van der Waals surface area contributed by atoms with Crippen LogP contribution in [0.4, 0.5) is 0 Å². The third kappa shape index (κ3) is 3.96. The molecule has 6 heteroatoms. The zero-order chi connectivity index (χ0) is 15.7. The number of hydrogen-bond acceptors (Lipinski definition) is 3. The fraction of sp³-hybridized carbons (Fsp3) is 0.500. The first-order chi connectivity index (χ1) is 8.95. The summed E-state index contributed by atoms with van der Waals surface area (Å²) in [4.78, 5) is 11.9. The maximum atomic E-state index is 11.9. The van der Waals surface area contributed by atoms with Gasteiger partial charge in [-0.1, -0.05) is 38.4 Å². The highest BCUT2D eigenvalue weighted by atomic mass is 35.5. The molecule has 0 saturated carbocycles. The molecule has 112 valence electrons. The van der Waals surface area contributed by atoms with Crippen LogP contribution in [0, 0.1) is 0 Å². The molecule has 0 saturated heterocycles. The molecule has 0 aliphatic carbocycles. The van der Waals surface area contributed by atoms with Gasteiger partial charge in [0.1, 0.15) is 0 Å². The van der Waals surface area contributed by atoms with Crippen LogP contribution in [-0.4, -0.2) is 19.6 Å². The van der Waals surface area contributed by atoms with Gasteiger partial charge in [-0.05, 0) is 37.0 Å². The molecule has 0 atom stereocenters. The Labute approximate surface area is 125 Å². The summed E-state index contributed by atoms with van der Waals surface area (Å²) < 4.78 is 25.4. The number of rotatable bonds is 3. The molecule has 0 aliphatic rings. The van der Waals surface area contributed by atoms with Crippen LogP contribution in [0.1, 0.15) is 50.5 Å². The lowest BCUT2D eigenvalue weighted by molar-refractivity contribution is 0.0981. The maximum absolute atomic E-state index is 11.9. The number of nitrogens with one attached hydrogen (secondary N) is 1. The van der Waals surface area contributed by atoms with Crippen molar-refractivity contribution in [2.75, 3.05) is 0 Å². The molecule has 4 nitrogen and oxygen atoms in total. The quantitative estimate of drug-likeness (QED) is 0.931. The smallest absolute Gasteiger partial charge is 0.264 e. The van der Waals surface area contributed by atoms with Gasteiger partial charge in [0.25, 0.3) is 5.91 Å². The lowest BCUT2D eigenvalue weighted by Gasteiger charge is -2.21. The molecule has 0 radical (unpaired) electrons. The molecule has 20 heavy (non-hydrogen) atoms. The van der Waals surface area contributed by atoms with Crippen molar-refractivity contribution in [2.24, 2.45) is 0 Å². The number of carbonyl (C=O) groups excluding carboxylic acids is 1. The lowest BCUT2D eigenvalue weighted by atomic mass is 9.86. The van der Waals surface area contributed by atoms with E-state index < -0.39 is 21.2 Å². The Balaban J connectivity index is 3.06. The normalized spacial score (nSPS) is 12.6. The van der Waals surface area contributed by atoms with E-state index in [1.54, 1.807) is 12.1 Å². The summed E-state index contributed by atoms with van der Waals surface area (Å²) in [6.07, 6.45) is 0. The van der Waals surface area contributed by atoms with Crippen molar-refractivity contribution in [1.29, 1.82) is 0 Å². The van der Waals surface area contributed by atoms with Crippen LogP contribution in [0.15, 0.2) is 18.2 Å². The summed E-state index contributed by atoms with van der Waals surface area (Å²) in [6, 6.07) is 4.82. The number of sulfonamides is 1. The van der Waals surface area contributed by atoms with Crippen LogP contribution >= 0.6 is 11.6 Å². The van der Waals surface area contributed by atoms with Crippen LogP contribution < -0.4 is 4.72 Å². The molecule has 1 N–H and O–H groups in total. The summed E-state index contributed by atoms with van der Waals surface area (Å²) in [5.41, 5.74) is 0.991. The van der Waals surface area contributed by atoms with Crippen molar-refractivity contribution in [3.8, 4) is 0 Å². The summed E-state index contributed by atoms with van der Waals surface area (Å²) in [6.45, 7) is 9.04. The van der Waals surface area contributed by atoms with Crippen LogP contribution in [0.25, 0.3) is 0 Å². The van der Waals surface area contributed by atoms with E-state index in [-0.39, 0.29) is 11.0 Å². The number of benzene rings is 1. The van der Waals surface area contributed by atoms with Gasteiger partial charge in [-0.25, -0.2) is 13.1 Å². The minimum atomic E-state index is -3.64. The number of carbonyl (C=O) groups is 1. The molecule has 0 spiro atoms. The Morgan fingerprint density at radius 1 is 1.25 bits per heavy atom. The van der Waals surface area contributed by atoms with E-state index in [4.69, 9.17) is 11.6 Å². The monoisotopic (exact) mass is 317 g/mol. The van der Waals surface area contributed by atoms with Gasteiger partial charge < -0.3 is 0 Å². The highest BCUT2D eigenvalue weighted by Gasteiger charge is 2.22. The van der Waals surface area contributed by atoms with Crippen LogP contribution in [-0.2, 0) is 15.4 Å². The fourth-order valence-electron chi connectivity index (χ4n) is 1.57. The molecule has 0 unspecified atom stereocenters. The number of amides is 1. The van der Waals surface area contributed by atoms with Gasteiger partial charge in [0, 0.05) is 10.6 Å². The second-order valence-corrected chi connectivity index (χ2v) is 8.61. The topological polar surface area (TPSA) is 63.2 Å². The molecule has 0 bridgehead atoms.